The number of amides is 2. The Hall–Kier alpha value is -3.17. The largest absolute Gasteiger partial charge is 0.465 e. The van der Waals surface area contributed by atoms with Crippen molar-refractivity contribution >= 4 is 12.0 Å². The standard InChI is InChI=1S/C20H19F3N4O3/c1-11-10-14(12-2-4-13(5-3-12)20(21,22)23)26-16(25-11)15-6-7-19(27(15)18(29)30)8-9-24-17(19)28/h2-5,10,15H,6-9H2,1H3,(H,24,28)(H,29,30)/t15-,19-/m0/s1. The Bertz CT molecular complexity index is 1010. The molecule has 1 aromatic heterocycles. The highest BCUT2D eigenvalue weighted by atomic mass is 19.4. The quantitative estimate of drug-likeness (QED) is 0.775. The van der Waals surface area contributed by atoms with Crippen LogP contribution in [0.5, 0.6) is 0 Å². The average molecular weight is 420 g/mol. The van der Waals surface area contributed by atoms with E-state index in [0.29, 0.717) is 42.8 Å². The summed E-state index contributed by atoms with van der Waals surface area (Å²) < 4.78 is 38.5. The second-order valence-corrected chi connectivity index (χ2v) is 7.57. The average Bonchev–Trinajstić information content (AvgIpc) is 3.25. The lowest BCUT2D eigenvalue weighted by atomic mass is 9.95. The minimum atomic E-state index is -4.44. The maximum atomic E-state index is 12.8. The minimum absolute atomic E-state index is 0.240. The number of nitrogens with zero attached hydrogens (tertiary/aromatic N) is 3. The molecule has 158 valence electrons. The number of likely N-dealkylation sites (tertiary alicyclic amines) is 1. The number of halogens is 3. The van der Waals surface area contributed by atoms with Crippen LogP contribution in [0.1, 0.15) is 42.4 Å². The predicted molar refractivity (Wildman–Crippen MR) is 99.4 cm³/mol. The summed E-state index contributed by atoms with van der Waals surface area (Å²) in [6.45, 7) is 2.11. The van der Waals surface area contributed by atoms with Gasteiger partial charge in [0.15, 0.2) is 5.82 Å². The van der Waals surface area contributed by atoms with Gasteiger partial charge in [-0.15, -0.1) is 0 Å². The van der Waals surface area contributed by atoms with Crippen molar-refractivity contribution in [1.29, 1.82) is 0 Å². The van der Waals surface area contributed by atoms with Crippen molar-refractivity contribution in [3.05, 3.63) is 47.4 Å². The van der Waals surface area contributed by atoms with E-state index >= 15 is 0 Å². The fraction of sp³-hybridized carbons (Fsp3) is 0.400. The number of nitrogens with one attached hydrogen (secondary N) is 1. The molecule has 1 aromatic carbocycles. The number of alkyl halides is 3. The van der Waals surface area contributed by atoms with Crippen LogP contribution in [-0.4, -0.2) is 44.1 Å². The van der Waals surface area contributed by atoms with Gasteiger partial charge in [-0.2, -0.15) is 13.2 Å². The summed E-state index contributed by atoms with van der Waals surface area (Å²) in [4.78, 5) is 34.4. The van der Waals surface area contributed by atoms with Crippen LogP contribution in [0.2, 0.25) is 0 Å². The maximum absolute atomic E-state index is 12.8. The van der Waals surface area contributed by atoms with E-state index in [1.165, 1.54) is 12.1 Å². The Morgan fingerprint density at radius 2 is 1.93 bits per heavy atom. The fourth-order valence-corrected chi connectivity index (χ4v) is 4.33. The molecule has 2 saturated heterocycles. The summed E-state index contributed by atoms with van der Waals surface area (Å²) >= 11 is 0. The van der Waals surface area contributed by atoms with Crippen molar-refractivity contribution in [2.45, 2.75) is 43.9 Å². The Balaban J connectivity index is 1.71. The van der Waals surface area contributed by atoms with E-state index < -0.39 is 29.4 Å². The van der Waals surface area contributed by atoms with Crippen molar-refractivity contribution in [2.75, 3.05) is 6.54 Å². The normalized spacial score (nSPS) is 23.8. The molecule has 2 N–H and O–H groups in total. The summed E-state index contributed by atoms with van der Waals surface area (Å²) in [5, 5.41) is 12.5. The number of hydrogen-bond acceptors (Lipinski definition) is 4. The molecule has 2 aromatic rings. The Morgan fingerprint density at radius 1 is 1.23 bits per heavy atom. The van der Waals surface area contributed by atoms with Crippen LogP contribution in [0, 0.1) is 6.92 Å². The Morgan fingerprint density at radius 3 is 2.50 bits per heavy atom. The van der Waals surface area contributed by atoms with E-state index in [4.69, 9.17) is 0 Å². The van der Waals surface area contributed by atoms with Gasteiger partial charge >= 0.3 is 12.3 Å². The minimum Gasteiger partial charge on any atom is -0.465 e. The number of hydrogen-bond donors (Lipinski definition) is 2. The van der Waals surface area contributed by atoms with E-state index in [0.717, 1.165) is 17.0 Å². The molecule has 2 amide bonds. The summed E-state index contributed by atoms with van der Waals surface area (Å²) in [7, 11) is 0. The summed E-state index contributed by atoms with van der Waals surface area (Å²) in [5.74, 6) is -0.0770. The Kier molecular flexibility index (Phi) is 4.67. The molecule has 0 aliphatic carbocycles. The number of carbonyl (C=O) groups excluding carboxylic acids is 1. The van der Waals surface area contributed by atoms with Crippen molar-refractivity contribution in [1.82, 2.24) is 20.2 Å². The molecule has 0 radical (unpaired) electrons. The molecule has 4 rings (SSSR count). The van der Waals surface area contributed by atoms with Gasteiger partial charge in [0.2, 0.25) is 5.91 Å². The van der Waals surface area contributed by atoms with Gasteiger partial charge in [-0.1, -0.05) is 12.1 Å². The van der Waals surface area contributed by atoms with Crippen LogP contribution in [-0.2, 0) is 11.0 Å². The summed E-state index contributed by atoms with van der Waals surface area (Å²) in [5.41, 5.74) is -0.481. The number of aryl methyl sites for hydroxylation is 1. The van der Waals surface area contributed by atoms with Crippen molar-refractivity contribution < 1.29 is 27.9 Å². The first-order valence-corrected chi connectivity index (χ1v) is 9.45. The Labute approximate surface area is 169 Å². The summed E-state index contributed by atoms with van der Waals surface area (Å²) in [6.07, 6.45) is -4.53. The van der Waals surface area contributed by atoms with E-state index in [1.807, 2.05) is 0 Å². The van der Waals surface area contributed by atoms with Gasteiger partial charge in [-0.25, -0.2) is 14.8 Å². The highest BCUT2D eigenvalue weighted by Crippen LogP contribution is 2.45. The van der Waals surface area contributed by atoms with Crippen LogP contribution < -0.4 is 5.32 Å². The zero-order chi connectivity index (χ0) is 21.7. The third-order valence-electron chi connectivity index (χ3n) is 5.73. The van der Waals surface area contributed by atoms with Crippen LogP contribution >= 0.6 is 0 Å². The van der Waals surface area contributed by atoms with Gasteiger partial charge in [0, 0.05) is 17.8 Å². The molecule has 0 bridgehead atoms. The number of rotatable bonds is 2. The van der Waals surface area contributed by atoms with Gasteiger partial charge < -0.3 is 10.4 Å². The highest BCUT2D eigenvalue weighted by molar-refractivity contribution is 5.92. The van der Waals surface area contributed by atoms with Crippen molar-refractivity contribution in [2.24, 2.45) is 0 Å². The molecule has 2 aliphatic rings. The molecule has 2 fully saturated rings. The van der Waals surface area contributed by atoms with Gasteiger partial charge in [-0.3, -0.25) is 9.69 Å². The molecular weight excluding hydrogens is 401 g/mol. The van der Waals surface area contributed by atoms with Crippen LogP contribution in [0.4, 0.5) is 18.0 Å². The SMILES string of the molecule is Cc1cc(-c2ccc(C(F)(F)F)cc2)nc([C@@H]2CC[C@@]3(CCNC3=O)N2C(=O)O)n1. The van der Waals surface area contributed by atoms with Crippen LogP contribution in [0.25, 0.3) is 11.3 Å². The van der Waals surface area contributed by atoms with Gasteiger partial charge in [-0.05, 0) is 44.4 Å². The number of carboxylic acid groups (broad SMARTS) is 1. The fourth-order valence-electron chi connectivity index (χ4n) is 4.33. The van der Waals surface area contributed by atoms with Gasteiger partial charge in [0.05, 0.1) is 17.3 Å². The zero-order valence-corrected chi connectivity index (χ0v) is 16.0. The number of carbonyl (C=O) groups is 2. The lowest BCUT2D eigenvalue weighted by Crippen LogP contribution is -2.52. The third-order valence-corrected chi connectivity index (χ3v) is 5.73. The summed E-state index contributed by atoms with van der Waals surface area (Å²) in [6, 6.07) is 5.52. The molecular formula is C20H19F3N4O3. The smallest absolute Gasteiger partial charge is 0.416 e. The van der Waals surface area contributed by atoms with Gasteiger partial charge in [0.1, 0.15) is 5.54 Å². The first kappa shape index (κ1) is 20.1. The van der Waals surface area contributed by atoms with E-state index in [-0.39, 0.29) is 11.7 Å². The zero-order valence-electron chi connectivity index (χ0n) is 16.0. The van der Waals surface area contributed by atoms with Crippen LogP contribution in [0.3, 0.4) is 0 Å². The molecule has 10 heteroatoms. The molecule has 7 nitrogen and oxygen atoms in total. The predicted octanol–water partition coefficient (Wildman–Crippen LogP) is 3.54. The van der Waals surface area contributed by atoms with Crippen LogP contribution in [0.15, 0.2) is 30.3 Å². The first-order chi connectivity index (χ1) is 14.1. The number of benzene rings is 1. The number of aromatic nitrogens is 2. The van der Waals surface area contributed by atoms with Crippen molar-refractivity contribution in [3.8, 4) is 11.3 Å². The second-order valence-electron chi connectivity index (χ2n) is 7.57. The molecule has 3 heterocycles. The second kappa shape index (κ2) is 6.96. The monoisotopic (exact) mass is 420 g/mol. The molecule has 2 atom stereocenters. The maximum Gasteiger partial charge on any atom is 0.416 e. The third kappa shape index (κ3) is 3.25. The van der Waals surface area contributed by atoms with Crippen molar-refractivity contribution in [3.63, 3.8) is 0 Å². The molecule has 1 spiro atoms. The van der Waals surface area contributed by atoms with E-state index in [1.54, 1.807) is 13.0 Å². The highest BCUT2D eigenvalue weighted by Gasteiger charge is 2.57. The van der Waals surface area contributed by atoms with E-state index in [2.05, 4.69) is 15.3 Å². The first-order valence-electron chi connectivity index (χ1n) is 9.45. The lowest BCUT2D eigenvalue weighted by Gasteiger charge is -2.33. The van der Waals surface area contributed by atoms with E-state index in [9.17, 15) is 27.9 Å². The molecule has 0 saturated carbocycles. The molecule has 2 aliphatic heterocycles. The topological polar surface area (TPSA) is 95.4 Å². The molecule has 0 unspecified atom stereocenters. The van der Waals surface area contributed by atoms with Gasteiger partial charge in [0.25, 0.3) is 0 Å². The lowest BCUT2D eigenvalue weighted by molar-refractivity contribution is -0.137. The molecule has 30 heavy (non-hydrogen) atoms.